The molecule has 0 radical (unpaired) electrons. The van der Waals surface area contributed by atoms with E-state index in [1.165, 1.54) is 18.1 Å². The Labute approximate surface area is 158 Å². The standard InChI is InChI=1S/C19H26FN3O2S/c1-12(17-22-16(11-26-17)19(2,3)4)21-18(24)23(5)10-13-7-8-15(25-6)14(20)9-13/h7-9,11-12H,10H2,1-6H3,(H,21,24). The number of urea groups is 1. The van der Waals surface area contributed by atoms with E-state index in [1.807, 2.05) is 12.3 Å². The van der Waals surface area contributed by atoms with Crippen LogP contribution in [0.1, 0.15) is 50.0 Å². The number of benzene rings is 1. The summed E-state index contributed by atoms with van der Waals surface area (Å²) < 4.78 is 18.7. The van der Waals surface area contributed by atoms with Crippen molar-refractivity contribution < 1.29 is 13.9 Å². The molecule has 1 N–H and O–H groups in total. The van der Waals surface area contributed by atoms with E-state index in [0.717, 1.165) is 10.7 Å². The summed E-state index contributed by atoms with van der Waals surface area (Å²) in [5.41, 5.74) is 1.69. The molecule has 0 bridgehead atoms. The van der Waals surface area contributed by atoms with E-state index in [4.69, 9.17) is 4.74 Å². The fourth-order valence-corrected chi connectivity index (χ4v) is 3.39. The Morgan fingerprint density at radius 2 is 2.12 bits per heavy atom. The number of hydrogen-bond acceptors (Lipinski definition) is 4. The number of rotatable bonds is 5. The quantitative estimate of drug-likeness (QED) is 0.833. The second-order valence-corrected chi connectivity index (χ2v) is 8.21. The van der Waals surface area contributed by atoms with Crippen LogP contribution in [-0.4, -0.2) is 30.1 Å². The van der Waals surface area contributed by atoms with Gasteiger partial charge in [0.15, 0.2) is 11.6 Å². The van der Waals surface area contributed by atoms with Gasteiger partial charge in [0.25, 0.3) is 0 Å². The van der Waals surface area contributed by atoms with Crippen molar-refractivity contribution in [2.24, 2.45) is 0 Å². The Morgan fingerprint density at radius 1 is 1.42 bits per heavy atom. The molecule has 1 unspecified atom stereocenters. The molecule has 0 saturated carbocycles. The van der Waals surface area contributed by atoms with Gasteiger partial charge in [0.2, 0.25) is 0 Å². The van der Waals surface area contributed by atoms with Gasteiger partial charge in [0.05, 0.1) is 18.8 Å². The minimum Gasteiger partial charge on any atom is -0.494 e. The van der Waals surface area contributed by atoms with Crippen LogP contribution < -0.4 is 10.1 Å². The highest BCUT2D eigenvalue weighted by atomic mass is 32.1. The number of carbonyl (C=O) groups excluding carboxylic acids is 1. The molecule has 7 heteroatoms. The third kappa shape index (κ3) is 4.94. The number of nitrogens with one attached hydrogen (secondary N) is 1. The Balaban J connectivity index is 1.98. The van der Waals surface area contributed by atoms with Crippen LogP contribution in [0.25, 0.3) is 0 Å². The lowest BCUT2D eigenvalue weighted by atomic mass is 9.93. The molecule has 2 aromatic rings. The maximum Gasteiger partial charge on any atom is 0.317 e. The van der Waals surface area contributed by atoms with E-state index < -0.39 is 5.82 Å². The number of carbonyl (C=O) groups is 1. The van der Waals surface area contributed by atoms with Crippen LogP contribution in [-0.2, 0) is 12.0 Å². The number of methoxy groups -OCH3 is 1. The van der Waals surface area contributed by atoms with Gasteiger partial charge in [0, 0.05) is 24.4 Å². The zero-order valence-electron chi connectivity index (χ0n) is 16.1. The van der Waals surface area contributed by atoms with Gasteiger partial charge in [-0.05, 0) is 24.6 Å². The van der Waals surface area contributed by atoms with Gasteiger partial charge in [0.1, 0.15) is 5.01 Å². The highest BCUT2D eigenvalue weighted by Crippen LogP contribution is 2.27. The summed E-state index contributed by atoms with van der Waals surface area (Å²) in [6.07, 6.45) is 0. The van der Waals surface area contributed by atoms with Gasteiger partial charge in [-0.1, -0.05) is 26.8 Å². The van der Waals surface area contributed by atoms with Crippen molar-refractivity contribution in [3.05, 3.63) is 45.7 Å². The minimum absolute atomic E-state index is 0.0201. The minimum atomic E-state index is -0.440. The topological polar surface area (TPSA) is 54.5 Å². The van der Waals surface area contributed by atoms with Crippen LogP contribution >= 0.6 is 11.3 Å². The number of halogens is 1. The summed E-state index contributed by atoms with van der Waals surface area (Å²) in [5.74, 6) is -0.252. The number of ether oxygens (including phenoxy) is 1. The molecule has 0 fully saturated rings. The molecule has 0 aliphatic heterocycles. The fourth-order valence-electron chi connectivity index (χ4n) is 2.34. The predicted molar refractivity (Wildman–Crippen MR) is 102 cm³/mol. The summed E-state index contributed by atoms with van der Waals surface area (Å²) in [7, 11) is 3.09. The highest BCUT2D eigenvalue weighted by Gasteiger charge is 2.21. The summed E-state index contributed by atoms with van der Waals surface area (Å²) >= 11 is 1.54. The lowest BCUT2D eigenvalue weighted by Crippen LogP contribution is -2.38. The van der Waals surface area contributed by atoms with Crippen molar-refractivity contribution in [1.82, 2.24) is 15.2 Å². The molecule has 2 amide bonds. The van der Waals surface area contributed by atoms with Gasteiger partial charge in [-0.3, -0.25) is 0 Å². The second kappa shape index (κ2) is 8.03. The van der Waals surface area contributed by atoms with E-state index in [9.17, 15) is 9.18 Å². The second-order valence-electron chi connectivity index (χ2n) is 7.32. The zero-order chi connectivity index (χ0) is 19.5. The van der Waals surface area contributed by atoms with Gasteiger partial charge in [-0.15, -0.1) is 11.3 Å². The lowest BCUT2D eigenvalue weighted by molar-refractivity contribution is 0.203. The summed E-state index contributed by atoms with van der Waals surface area (Å²) in [5, 5.41) is 5.83. The molecule has 26 heavy (non-hydrogen) atoms. The van der Waals surface area contributed by atoms with Crippen LogP contribution in [0.5, 0.6) is 5.75 Å². The lowest BCUT2D eigenvalue weighted by Gasteiger charge is -2.21. The first-order chi connectivity index (χ1) is 12.1. The molecular formula is C19H26FN3O2S. The number of nitrogens with zero attached hydrogens (tertiary/aromatic N) is 2. The van der Waals surface area contributed by atoms with E-state index >= 15 is 0 Å². The van der Waals surface area contributed by atoms with Crippen LogP contribution in [0.15, 0.2) is 23.6 Å². The average Bonchev–Trinajstić information content (AvgIpc) is 3.05. The molecule has 5 nitrogen and oxygen atoms in total. The largest absolute Gasteiger partial charge is 0.494 e. The molecule has 142 valence electrons. The first-order valence-corrected chi connectivity index (χ1v) is 9.29. The van der Waals surface area contributed by atoms with E-state index in [-0.39, 0.29) is 23.2 Å². The summed E-state index contributed by atoms with van der Waals surface area (Å²) in [6.45, 7) is 8.53. The summed E-state index contributed by atoms with van der Waals surface area (Å²) in [4.78, 5) is 18.6. The normalized spacial score (nSPS) is 12.6. The zero-order valence-corrected chi connectivity index (χ0v) is 16.9. The highest BCUT2D eigenvalue weighted by molar-refractivity contribution is 7.09. The molecule has 0 saturated heterocycles. The molecule has 1 aromatic carbocycles. The van der Waals surface area contributed by atoms with Crippen LogP contribution in [0, 0.1) is 5.82 Å². The maximum absolute atomic E-state index is 13.8. The third-order valence-electron chi connectivity index (χ3n) is 3.98. The number of amides is 2. The van der Waals surface area contributed by atoms with E-state index in [0.29, 0.717) is 12.1 Å². The number of aromatic nitrogens is 1. The van der Waals surface area contributed by atoms with E-state index in [1.54, 1.807) is 30.5 Å². The monoisotopic (exact) mass is 379 g/mol. The first kappa shape index (κ1) is 20.2. The van der Waals surface area contributed by atoms with Crippen molar-refractivity contribution in [3.8, 4) is 5.75 Å². The van der Waals surface area contributed by atoms with Crippen molar-refractivity contribution >= 4 is 17.4 Å². The van der Waals surface area contributed by atoms with Crippen LogP contribution in [0.4, 0.5) is 9.18 Å². The van der Waals surface area contributed by atoms with E-state index in [2.05, 4.69) is 31.1 Å². The smallest absolute Gasteiger partial charge is 0.317 e. The van der Waals surface area contributed by atoms with Crippen molar-refractivity contribution in [2.75, 3.05) is 14.2 Å². The van der Waals surface area contributed by atoms with Gasteiger partial charge in [-0.25, -0.2) is 14.2 Å². The number of hydrogen-bond donors (Lipinski definition) is 1. The first-order valence-electron chi connectivity index (χ1n) is 8.41. The predicted octanol–water partition coefficient (Wildman–Crippen LogP) is 4.49. The van der Waals surface area contributed by atoms with Crippen molar-refractivity contribution in [2.45, 2.75) is 45.7 Å². The number of thiazole rings is 1. The maximum atomic E-state index is 13.8. The average molecular weight is 380 g/mol. The van der Waals surface area contributed by atoms with Crippen LogP contribution in [0.3, 0.4) is 0 Å². The molecule has 1 aromatic heterocycles. The Kier molecular flexibility index (Phi) is 6.23. The van der Waals surface area contributed by atoms with Crippen molar-refractivity contribution in [3.63, 3.8) is 0 Å². The van der Waals surface area contributed by atoms with Gasteiger partial charge < -0.3 is 15.0 Å². The SMILES string of the molecule is COc1ccc(CN(C)C(=O)NC(C)c2nc(C(C)(C)C)cs2)cc1F. The summed E-state index contributed by atoms with van der Waals surface area (Å²) in [6, 6.07) is 4.25. The fraction of sp³-hybridized carbons (Fsp3) is 0.474. The molecule has 1 heterocycles. The molecule has 2 rings (SSSR count). The molecule has 0 aliphatic carbocycles. The van der Waals surface area contributed by atoms with Crippen LogP contribution in [0.2, 0.25) is 0 Å². The van der Waals surface area contributed by atoms with Gasteiger partial charge in [-0.2, -0.15) is 0 Å². The molecule has 0 spiro atoms. The van der Waals surface area contributed by atoms with Crippen molar-refractivity contribution in [1.29, 1.82) is 0 Å². The Bertz CT molecular complexity index is 770. The molecular weight excluding hydrogens is 353 g/mol. The Morgan fingerprint density at radius 3 is 2.65 bits per heavy atom. The Hall–Kier alpha value is -2.15. The molecule has 1 atom stereocenters. The molecule has 0 aliphatic rings. The third-order valence-corrected chi connectivity index (χ3v) is 5.01. The van der Waals surface area contributed by atoms with Gasteiger partial charge >= 0.3 is 6.03 Å².